The van der Waals surface area contributed by atoms with Crippen LogP contribution in [-0.4, -0.2) is 41.8 Å². The van der Waals surface area contributed by atoms with Crippen molar-refractivity contribution in [3.8, 4) is 0 Å². The van der Waals surface area contributed by atoms with Crippen LogP contribution in [0.25, 0.3) is 0 Å². The van der Waals surface area contributed by atoms with Gasteiger partial charge >= 0.3 is 0 Å². The van der Waals surface area contributed by atoms with Gasteiger partial charge in [-0.05, 0) is 6.42 Å². The summed E-state index contributed by atoms with van der Waals surface area (Å²) in [5.41, 5.74) is 0. The van der Waals surface area contributed by atoms with Crippen molar-refractivity contribution in [3.63, 3.8) is 0 Å². The summed E-state index contributed by atoms with van der Waals surface area (Å²) in [6.45, 7) is 6.96. The molecule has 0 saturated carbocycles. The van der Waals surface area contributed by atoms with Crippen molar-refractivity contribution in [1.82, 2.24) is 4.90 Å². The number of carbonyl (C=O) groups is 1. The van der Waals surface area contributed by atoms with Crippen LogP contribution >= 0.6 is 11.8 Å². The average Bonchev–Trinajstić information content (AvgIpc) is 2.18. The van der Waals surface area contributed by atoms with Crippen molar-refractivity contribution in [1.29, 1.82) is 0 Å². The van der Waals surface area contributed by atoms with E-state index in [1.807, 2.05) is 18.7 Å². The Labute approximate surface area is 85.1 Å². The molecule has 0 amide bonds. The maximum Gasteiger partial charge on any atom is 0.149 e. The maximum atomic E-state index is 11.6. The zero-order chi connectivity index (χ0) is 9.68. The van der Waals surface area contributed by atoms with E-state index in [9.17, 15) is 4.79 Å². The van der Waals surface area contributed by atoms with Crippen LogP contribution in [0.15, 0.2) is 0 Å². The van der Waals surface area contributed by atoms with E-state index in [-0.39, 0.29) is 5.92 Å². The van der Waals surface area contributed by atoms with E-state index < -0.39 is 0 Å². The maximum absolute atomic E-state index is 11.6. The summed E-state index contributed by atoms with van der Waals surface area (Å²) in [5.74, 6) is 3.03. The Morgan fingerprint density at radius 2 is 2.08 bits per heavy atom. The fourth-order valence-corrected chi connectivity index (χ4v) is 2.34. The van der Waals surface area contributed by atoms with Gasteiger partial charge in [-0.2, -0.15) is 11.8 Å². The molecule has 1 saturated heterocycles. The van der Waals surface area contributed by atoms with Gasteiger partial charge in [-0.3, -0.25) is 9.69 Å². The normalized spacial score (nSPS) is 21.4. The molecular formula is C10H19NOS. The van der Waals surface area contributed by atoms with Crippen LogP contribution in [0.1, 0.15) is 20.3 Å². The van der Waals surface area contributed by atoms with E-state index in [0.717, 1.165) is 19.5 Å². The second kappa shape index (κ2) is 5.66. The molecule has 0 N–H and O–H groups in total. The summed E-state index contributed by atoms with van der Waals surface area (Å²) in [6, 6.07) is 0. The van der Waals surface area contributed by atoms with Gasteiger partial charge in [0.05, 0.1) is 6.54 Å². The average molecular weight is 201 g/mol. The van der Waals surface area contributed by atoms with E-state index in [2.05, 4.69) is 11.8 Å². The van der Waals surface area contributed by atoms with Gasteiger partial charge in [0, 0.05) is 30.5 Å². The highest BCUT2D eigenvalue weighted by atomic mass is 32.2. The lowest BCUT2D eigenvalue weighted by molar-refractivity contribution is -0.123. The third-order valence-electron chi connectivity index (χ3n) is 2.65. The summed E-state index contributed by atoms with van der Waals surface area (Å²) in [7, 11) is 0. The molecule has 1 aliphatic rings. The van der Waals surface area contributed by atoms with Crippen LogP contribution in [0.3, 0.4) is 0 Å². The number of Topliss-reactive ketones (excluding diaryl/α,β-unsaturated/α-hetero) is 1. The van der Waals surface area contributed by atoms with Crippen LogP contribution in [0.5, 0.6) is 0 Å². The highest BCUT2D eigenvalue weighted by Gasteiger charge is 2.17. The first-order valence-corrected chi connectivity index (χ1v) is 6.22. The SMILES string of the molecule is CCC(C)C(=O)CN1CCSCC1. The van der Waals surface area contributed by atoms with E-state index in [0.29, 0.717) is 12.3 Å². The number of hydrogen-bond acceptors (Lipinski definition) is 3. The number of ketones is 1. The van der Waals surface area contributed by atoms with E-state index in [1.54, 1.807) is 0 Å². The minimum Gasteiger partial charge on any atom is -0.298 e. The Hall–Kier alpha value is -0.0200. The fourth-order valence-electron chi connectivity index (χ4n) is 1.36. The highest BCUT2D eigenvalue weighted by molar-refractivity contribution is 7.99. The van der Waals surface area contributed by atoms with Crippen LogP contribution in [0.2, 0.25) is 0 Å². The van der Waals surface area contributed by atoms with Crippen LogP contribution in [-0.2, 0) is 4.79 Å². The number of hydrogen-bond donors (Lipinski definition) is 0. The summed E-state index contributed by atoms with van der Waals surface area (Å²) < 4.78 is 0. The Morgan fingerprint density at radius 1 is 1.46 bits per heavy atom. The van der Waals surface area contributed by atoms with E-state index >= 15 is 0 Å². The van der Waals surface area contributed by atoms with Gasteiger partial charge in [-0.1, -0.05) is 13.8 Å². The van der Waals surface area contributed by atoms with E-state index in [1.165, 1.54) is 11.5 Å². The molecule has 1 aliphatic heterocycles. The van der Waals surface area contributed by atoms with Gasteiger partial charge in [-0.25, -0.2) is 0 Å². The second-order valence-corrected chi connectivity index (χ2v) is 4.89. The van der Waals surface area contributed by atoms with Gasteiger partial charge in [0.2, 0.25) is 0 Å². The Balaban J connectivity index is 2.26. The molecule has 0 aromatic heterocycles. The molecule has 1 unspecified atom stereocenters. The van der Waals surface area contributed by atoms with Crippen molar-refractivity contribution in [3.05, 3.63) is 0 Å². The number of carbonyl (C=O) groups excluding carboxylic acids is 1. The zero-order valence-electron chi connectivity index (χ0n) is 8.58. The molecular weight excluding hydrogens is 182 g/mol. The monoisotopic (exact) mass is 201 g/mol. The van der Waals surface area contributed by atoms with Gasteiger partial charge in [0.25, 0.3) is 0 Å². The number of thioether (sulfide) groups is 1. The summed E-state index contributed by atoms with van der Waals surface area (Å²) >= 11 is 1.99. The quantitative estimate of drug-likeness (QED) is 0.690. The van der Waals surface area contributed by atoms with Crippen LogP contribution in [0.4, 0.5) is 0 Å². The van der Waals surface area contributed by atoms with Crippen molar-refractivity contribution >= 4 is 17.5 Å². The molecule has 76 valence electrons. The molecule has 0 spiro atoms. The van der Waals surface area contributed by atoms with Gasteiger partial charge in [0.1, 0.15) is 5.78 Å². The third-order valence-corrected chi connectivity index (χ3v) is 3.59. The van der Waals surface area contributed by atoms with E-state index in [4.69, 9.17) is 0 Å². The van der Waals surface area contributed by atoms with Crippen molar-refractivity contribution < 1.29 is 4.79 Å². The summed E-state index contributed by atoms with van der Waals surface area (Å²) in [6.07, 6.45) is 0.974. The molecule has 0 radical (unpaired) electrons. The molecule has 3 heteroatoms. The minimum absolute atomic E-state index is 0.245. The lowest BCUT2D eigenvalue weighted by Gasteiger charge is -2.26. The molecule has 13 heavy (non-hydrogen) atoms. The fraction of sp³-hybridized carbons (Fsp3) is 0.900. The smallest absolute Gasteiger partial charge is 0.149 e. The summed E-state index contributed by atoms with van der Waals surface area (Å²) in [5, 5.41) is 0. The summed E-state index contributed by atoms with van der Waals surface area (Å²) in [4.78, 5) is 13.9. The predicted octanol–water partition coefficient (Wildman–Crippen LogP) is 1.65. The number of nitrogens with zero attached hydrogens (tertiary/aromatic N) is 1. The first-order chi connectivity index (χ1) is 6.24. The van der Waals surface area contributed by atoms with Gasteiger partial charge < -0.3 is 0 Å². The molecule has 0 aromatic carbocycles. The van der Waals surface area contributed by atoms with Crippen molar-refractivity contribution in [2.75, 3.05) is 31.1 Å². The van der Waals surface area contributed by atoms with Gasteiger partial charge in [-0.15, -0.1) is 0 Å². The van der Waals surface area contributed by atoms with Gasteiger partial charge in [0.15, 0.2) is 0 Å². The van der Waals surface area contributed by atoms with Crippen molar-refractivity contribution in [2.45, 2.75) is 20.3 Å². The zero-order valence-corrected chi connectivity index (χ0v) is 9.40. The predicted molar refractivity (Wildman–Crippen MR) is 58.2 cm³/mol. The Morgan fingerprint density at radius 3 is 2.62 bits per heavy atom. The Kier molecular flexibility index (Phi) is 4.81. The molecule has 0 aromatic rings. The third kappa shape index (κ3) is 3.69. The molecule has 1 atom stereocenters. The second-order valence-electron chi connectivity index (χ2n) is 3.66. The molecule has 1 rings (SSSR count). The standard InChI is InChI=1S/C10H19NOS/c1-3-9(2)10(12)8-11-4-6-13-7-5-11/h9H,3-8H2,1-2H3. The first-order valence-electron chi connectivity index (χ1n) is 5.07. The van der Waals surface area contributed by atoms with Crippen LogP contribution < -0.4 is 0 Å². The minimum atomic E-state index is 0.245. The highest BCUT2D eigenvalue weighted by Crippen LogP contribution is 2.10. The molecule has 1 heterocycles. The van der Waals surface area contributed by atoms with Crippen LogP contribution in [0, 0.1) is 5.92 Å². The molecule has 2 nitrogen and oxygen atoms in total. The van der Waals surface area contributed by atoms with Crippen molar-refractivity contribution in [2.24, 2.45) is 5.92 Å². The Bertz CT molecular complexity index is 166. The first kappa shape index (κ1) is 11.1. The molecule has 0 bridgehead atoms. The molecule has 1 fully saturated rings. The number of rotatable bonds is 4. The lowest BCUT2D eigenvalue weighted by Crippen LogP contribution is -2.38. The topological polar surface area (TPSA) is 20.3 Å². The lowest BCUT2D eigenvalue weighted by atomic mass is 10.0. The molecule has 0 aliphatic carbocycles. The largest absolute Gasteiger partial charge is 0.298 e.